The fraction of sp³-hybridized carbons (Fsp3) is 0.469. The quantitative estimate of drug-likeness (QED) is 0.217. The molecular formula is C32H40N6O6. The molecule has 0 radical (unpaired) electrons. The Labute approximate surface area is 256 Å². The van der Waals surface area contributed by atoms with Crippen molar-refractivity contribution in [2.75, 3.05) is 39.0 Å². The summed E-state index contributed by atoms with van der Waals surface area (Å²) >= 11 is 0. The number of fused-ring (bicyclic) bond motifs is 2. The highest BCUT2D eigenvalue weighted by atomic mass is 16.7. The molecule has 44 heavy (non-hydrogen) atoms. The lowest BCUT2D eigenvalue weighted by Crippen LogP contribution is -2.59. The molecule has 1 aromatic carbocycles. The first-order valence-electron chi connectivity index (χ1n) is 14.6. The highest BCUT2D eigenvalue weighted by molar-refractivity contribution is 6.05. The largest absolute Gasteiger partial charge is 0.466 e. The molecule has 0 saturated carbocycles. The summed E-state index contributed by atoms with van der Waals surface area (Å²) in [6.07, 6.45) is 3.34. The number of hydrogen-bond acceptors (Lipinski definition) is 10. The standard InChI is InChI=1S/C32H40N6O6/c1-18-14-37(15-19(2)38(18)31(40)44-32(4,5)6)22-11-23-24(30(39)42-9)12-26(34-29(23)33-13-22)25-10-21-16-36(7)35-27(21)20(3)28(25)43-17-41-8/h10-13,16,18-19H,14-15,17H2,1-9H3/t18-,19-/m0/s1. The number of nitrogens with zero attached hydrogens (tertiary/aromatic N) is 6. The third-order valence-electron chi connectivity index (χ3n) is 7.64. The van der Waals surface area contributed by atoms with Gasteiger partial charge in [0.25, 0.3) is 0 Å². The first-order valence-corrected chi connectivity index (χ1v) is 14.6. The van der Waals surface area contributed by atoms with E-state index in [0.717, 1.165) is 22.2 Å². The first-order chi connectivity index (χ1) is 20.8. The van der Waals surface area contributed by atoms with Crippen molar-refractivity contribution in [3.05, 3.63) is 41.7 Å². The van der Waals surface area contributed by atoms with E-state index < -0.39 is 11.6 Å². The van der Waals surface area contributed by atoms with Crippen LogP contribution in [0, 0.1) is 6.92 Å². The van der Waals surface area contributed by atoms with Crippen molar-refractivity contribution in [3.63, 3.8) is 0 Å². The monoisotopic (exact) mass is 604 g/mol. The minimum absolute atomic E-state index is 0.0310. The topological polar surface area (TPSA) is 121 Å². The third-order valence-corrected chi connectivity index (χ3v) is 7.64. The molecule has 2 atom stereocenters. The van der Waals surface area contributed by atoms with Gasteiger partial charge in [0.2, 0.25) is 0 Å². The molecule has 12 heteroatoms. The molecule has 12 nitrogen and oxygen atoms in total. The molecule has 0 spiro atoms. The summed E-state index contributed by atoms with van der Waals surface area (Å²) in [6, 6.07) is 5.34. The molecule has 1 saturated heterocycles. The molecule has 5 rings (SSSR count). The van der Waals surface area contributed by atoms with E-state index in [1.54, 1.807) is 29.0 Å². The summed E-state index contributed by atoms with van der Waals surface area (Å²) in [4.78, 5) is 39.6. The van der Waals surface area contributed by atoms with Gasteiger partial charge in [-0.2, -0.15) is 5.10 Å². The van der Waals surface area contributed by atoms with Gasteiger partial charge in [0, 0.05) is 55.3 Å². The zero-order valence-electron chi connectivity index (χ0n) is 26.8. The van der Waals surface area contributed by atoms with Crippen LogP contribution in [0.15, 0.2) is 30.6 Å². The summed E-state index contributed by atoms with van der Waals surface area (Å²) < 4.78 is 23.8. The number of pyridine rings is 2. The van der Waals surface area contributed by atoms with Crippen LogP contribution in [-0.2, 0) is 21.3 Å². The number of rotatable bonds is 6. The molecule has 0 aliphatic carbocycles. The predicted molar refractivity (Wildman–Crippen MR) is 167 cm³/mol. The van der Waals surface area contributed by atoms with E-state index in [-0.39, 0.29) is 25.0 Å². The number of piperazine rings is 1. The Morgan fingerprint density at radius 3 is 2.41 bits per heavy atom. The minimum atomic E-state index is -0.578. The second-order valence-corrected chi connectivity index (χ2v) is 12.3. The van der Waals surface area contributed by atoms with Gasteiger partial charge in [-0.05, 0) is 59.7 Å². The van der Waals surface area contributed by atoms with Crippen molar-refractivity contribution in [1.82, 2.24) is 24.6 Å². The smallest absolute Gasteiger partial charge is 0.410 e. The van der Waals surface area contributed by atoms with Crippen LogP contribution < -0.4 is 9.64 Å². The maximum atomic E-state index is 13.2. The lowest BCUT2D eigenvalue weighted by molar-refractivity contribution is 0.00563. The van der Waals surface area contributed by atoms with E-state index in [0.29, 0.717) is 46.7 Å². The molecule has 4 aromatic rings. The van der Waals surface area contributed by atoms with Crippen LogP contribution in [0.2, 0.25) is 0 Å². The number of ether oxygens (including phenoxy) is 4. The molecule has 0 N–H and O–H groups in total. The van der Waals surface area contributed by atoms with Crippen molar-refractivity contribution in [1.29, 1.82) is 0 Å². The lowest BCUT2D eigenvalue weighted by Gasteiger charge is -2.45. The number of carbonyl (C=O) groups excluding carboxylic acids is 2. The number of hydrogen-bond donors (Lipinski definition) is 0. The van der Waals surface area contributed by atoms with Crippen molar-refractivity contribution < 1.29 is 28.5 Å². The van der Waals surface area contributed by atoms with Gasteiger partial charge >= 0.3 is 12.1 Å². The van der Waals surface area contributed by atoms with Crippen molar-refractivity contribution in [3.8, 4) is 17.0 Å². The Hall–Kier alpha value is -4.45. The molecule has 0 bridgehead atoms. The number of carbonyl (C=O) groups is 2. The van der Waals surface area contributed by atoms with Crippen LogP contribution in [0.3, 0.4) is 0 Å². The second-order valence-electron chi connectivity index (χ2n) is 12.3. The van der Waals surface area contributed by atoms with E-state index >= 15 is 0 Å². The molecule has 1 fully saturated rings. The number of aromatic nitrogens is 4. The maximum absolute atomic E-state index is 13.2. The van der Waals surface area contributed by atoms with Gasteiger partial charge in [-0.1, -0.05) is 0 Å². The summed E-state index contributed by atoms with van der Waals surface area (Å²) in [7, 11) is 4.76. The van der Waals surface area contributed by atoms with E-state index in [2.05, 4.69) is 10.00 Å². The third kappa shape index (κ3) is 5.99. The second kappa shape index (κ2) is 11.9. The zero-order chi connectivity index (χ0) is 31.9. The molecule has 1 amide bonds. The highest BCUT2D eigenvalue weighted by Crippen LogP contribution is 2.39. The average molecular weight is 605 g/mol. The van der Waals surface area contributed by atoms with Gasteiger partial charge in [0.15, 0.2) is 12.4 Å². The zero-order valence-corrected chi connectivity index (χ0v) is 26.8. The molecular weight excluding hydrogens is 564 g/mol. The van der Waals surface area contributed by atoms with E-state index in [9.17, 15) is 9.59 Å². The number of anilines is 1. The molecule has 3 aromatic heterocycles. The van der Waals surface area contributed by atoms with Crippen LogP contribution in [-0.4, -0.2) is 88.5 Å². The van der Waals surface area contributed by atoms with Crippen LogP contribution in [0.1, 0.15) is 50.5 Å². The number of benzene rings is 1. The Morgan fingerprint density at radius 2 is 1.77 bits per heavy atom. The number of methoxy groups -OCH3 is 2. The van der Waals surface area contributed by atoms with Crippen molar-refractivity contribution >= 4 is 39.7 Å². The van der Waals surface area contributed by atoms with Crippen LogP contribution in [0.25, 0.3) is 33.2 Å². The van der Waals surface area contributed by atoms with Crippen LogP contribution in [0.5, 0.6) is 5.75 Å². The predicted octanol–water partition coefficient (Wildman–Crippen LogP) is 5.10. The Morgan fingerprint density at radius 1 is 1.07 bits per heavy atom. The molecule has 1 aliphatic rings. The van der Waals surface area contributed by atoms with Crippen molar-refractivity contribution in [2.45, 2.75) is 59.2 Å². The van der Waals surface area contributed by atoms with Gasteiger partial charge < -0.3 is 23.8 Å². The SMILES string of the molecule is COCOc1c(-c2cc(C(=O)OC)c3cc(N4C[C@H](C)N(C(=O)OC(C)(C)C)[C@@H](C)C4)cnc3n2)cc2cn(C)nc2c1C. The van der Waals surface area contributed by atoms with Crippen LogP contribution >= 0.6 is 0 Å². The van der Waals surface area contributed by atoms with E-state index in [4.69, 9.17) is 28.9 Å². The lowest BCUT2D eigenvalue weighted by atomic mass is 10.0. The summed E-state index contributed by atoms with van der Waals surface area (Å²) in [5.74, 6) is 0.0517. The summed E-state index contributed by atoms with van der Waals surface area (Å²) in [6.45, 7) is 12.7. The Kier molecular flexibility index (Phi) is 8.39. The van der Waals surface area contributed by atoms with E-state index in [1.165, 1.54) is 7.11 Å². The fourth-order valence-electron chi connectivity index (χ4n) is 5.82. The Bertz CT molecular complexity index is 1720. The molecule has 4 heterocycles. The number of amides is 1. The summed E-state index contributed by atoms with van der Waals surface area (Å²) in [5, 5.41) is 6.04. The highest BCUT2D eigenvalue weighted by Gasteiger charge is 2.36. The average Bonchev–Trinajstić information content (AvgIpc) is 3.34. The first kappa shape index (κ1) is 31.0. The minimum Gasteiger partial charge on any atom is -0.466 e. The van der Waals surface area contributed by atoms with Crippen LogP contribution in [0.4, 0.5) is 10.5 Å². The molecule has 1 aliphatic heterocycles. The number of esters is 1. The summed E-state index contributed by atoms with van der Waals surface area (Å²) in [5.41, 5.74) is 3.77. The van der Waals surface area contributed by atoms with E-state index in [1.807, 2.05) is 66.9 Å². The fourth-order valence-corrected chi connectivity index (χ4v) is 5.82. The van der Waals surface area contributed by atoms with Gasteiger partial charge in [-0.25, -0.2) is 19.6 Å². The van der Waals surface area contributed by atoms with Crippen molar-refractivity contribution in [2.24, 2.45) is 7.05 Å². The van der Waals surface area contributed by atoms with Gasteiger partial charge in [0.05, 0.1) is 47.9 Å². The van der Waals surface area contributed by atoms with Gasteiger partial charge in [0.1, 0.15) is 11.4 Å². The molecule has 0 unspecified atom stereocenters. The number of aryl methyl sites for hydroxylation is 2. The van der Waals surface area contributed by atoms with Gasteiger partial charge in [-0.3, -0.25) is 9.58 Å². The van der Waals surface area contributed by atoms with Gasteiger partial charge in [-0.15, -0.1) is 0 Å². The molecule has 234 valence electrons. The normalized spacial score (nSPS) is 17.3. The maximum Gasteiger partial charge on any atom is 0.410 e. The Balaban J connectivity index is 1.56.